The van der Waals surface area contributed by atoms with E-state index in [4.69, 9.17) is 12.2 Å². The van der Waals surface area contributed by atoms with Crippen molar-refractivity contribution in [3.8, 4) is 5.69 Å². The number of hydrogen-bond acceptors (Lipinski definition) is 5. The molecule has 2 aromatic carbocycles. The largest absolute Gasteiger partial charge is 0.416 e. The highest BCUT2D eigenvalue weighted by Gasteiger charge is 2.30. The van der Waals surface area contributed by atoms with Crippen LogP contribution in [0.3, 0.4) is 0 Å². The summed E-state index contributed by atoms with van der Waals surface area (Å²) in [6, 6.07) is 12.9. The van der Waals surface area contributed by atoms with E-state index in [2.05, 4.69) is 4.98 Å². The van der Waals surface area contributed by atoms with Gasteiger partial charge in [0.2, 0.25) is 0 Å². The fourth-order valence-electron chi connectivity index (χ4n) is 3.05. The Hall–Kier alpha value is -2.43. The summed E-state index contributed by atoms with van der Waals surface area (Å²) in [5.74, 6) is 0.241. The maximum Gasteiger partial charge on any atom is 0.416 e. The van der Waals surface area contributed by atoms with E-state index in [-0.39, 0.29) is 11.3 Å². The van der Waals surface area contributed by atoms with Crippen molar-refractivity contribution in [2.24, 2.45) is 7.05 Å². The number of fused-ring (bicyclic) bond motifs is 1. The Kier molecular flexibility index (Phi) is 5.80. The van der Waals surface area contributed by atoms with Crippen LogP contribution < -0.4 is 5.56 Å². The number of thioether (sulfide) groups is 1. The molecule has 0 bridgehead atoms. The van der Waals surface area contributed by atoms with Crippen LogP contribution in [0.25, 0.3) is 16.0 Å². The van der Waals surface area contributed by atoms with Crippen LogP contribution in [0.15, 0.2) is 58.5 Å². The molecule has 0 radical (unpaired) electrons. The number of thiazole rings is 1. The van der Waals surface area contributed by atoms with Crippen LogP contribution in [0.1, 0.15) is 16.7 Å². The third-order valence-corrected chi connectivity index (χ3v) is 7.14. The van der Waals surface area contributed by atoms with E-state index in [0.29, 0.717) is 25.0 Å². The molecule has 0 aliphatic carbocycles. The van der Waals surface area contributed by atoms with Crippen molar-refractivity contribution in [2.45, 2.75) is 24.0 Å². The zero-order valence-electron chi connectivity index (χ0n) is 16.4. The number of aromatic nitrogens is 3. The monoisotopic (exact) mass is 479 g/mol. The predicted molar refractivity (Wildman–Crippen MR) is 121 cm³/mol. The van der Waals surface area contributed by atoms with Crippen LogP contribution in [-0.4, -0.2) is 14.1 Å². The first-order valence-electron chi connectivity index (χ1n) is 9.13. The molecule has 0 N–H and O–H groups in total. The molecule has 4 rings (SSSR count). The van der Waals surface area contributed by atoms with Crippen LogP contribution in [0.4, 0.5) is 13.2 Å². The summed E-state index contributed by atoms with van der Waals surface area (Å²) in [7, 11) is 1.60. The lowest BCUT2D eigenvalue weighted by Crippen LogP contribution is -2.19. The minimum atomic E-state index is -4.40. The van der Waals surface area contributed by atoms with Crippen LogP contribution >= 0.6 is 35.3 Å². The molecule has 0 aliphatic heterocycles. The topological polar surface area (TPSA) is 39.8 Å². The standard InChI is InChI=1S/C21H16F3N3OS3/c1-12-6-8-15(9-7-12)27-17-16(31-20(27)29)18(28)26(2)19(25-17)30-11-13-4-3-5-14(10-13)21(22,23)24/h3-10H,11H2,1-2H3. The molecule has 0 aliphatic rings. The second-order valence-electron chi connectivity index (χ2n) is 6.94. The highest BCUT2D eigenvalue weighted by molar-refractivity contribution is 7.98. The zero-order valence-corrected chi connectivity index (χ0v) is 18.9. The van der Waals surface area contributed by atoms with Gasteiger partial charge in [-0.25, -0.2) is 4.98 Å². The molecule has 31 heavy (non-hydrogen) atoms. The molecule has 2 aromatic heterocycles. The number of aryl methyl sites for hydroxylation is 1. The van der Waals surface area contributed by atoms with Crippen molar-refractivity contribution in [3.05, 3.63) is 79.5 Å². The van der Waals surface area contributed by atoms with Crippen molar-refractivity contribution in [3.63, 3.8) is 0 Å². The summed E-state index contributed by atoms with van der Waals surface area (Å²) < 4.78 is 43.0. The third-order valence-electron chi connectivity index (χ3n) is 4.69. The van der Waals surface area contributed by atoms with Gasteiger partial charge in [-0.3, -0.25) is 13.9 Å². The van der Waals surface area contributed by atoms with Gasteiger partial charge in [0.05, 0.1) is 5.56 Å². The van der Waals surface area contributed by atoms with E-state index in [0.717, 1.165) is 23.4 Å². The second-order valence-corrected chi connectivity index (χ2v) is 9.52. The van der Waals surface area contributed by atoms with E-state index in [1.807, 2.05) is 31.2 Å². The quantitative estimate of drug-likeness (QED) is 0.200. The van der Waals surface area contributed by atoms with Gasteiger partial charge in [-0.1, -0.05) is 59.0 Å². The molecule has 0 spiro atoms. The smallest absolute Gasteiger partial charge is 0.289 e. The Morgan fingerprint density at radius 1 is 1.16 bits per heavy atom. The average Bonchev–Trinajstić information content (AvgIpc) is 3.06. The fraction of sp³-hybridized carbons (Fsp3) is 0.190. The molecule has 160 valence electrons. The van der Waals surface area contributed by atoms with Crippen molar-refractivity contribution < 1.29 is 13.2 Å². The van der Waals surface area contributed by atoms with Gasteiger partial charge in [-0.15, -0.1) is 0 Å². The number of rotatable bonds is 4. The van der Waals surface area contributed by atoms with Gasteiger partial charge in [0, 0.05) is 18.5 Å². The molecule has 0 amide bonds. The van der Waals surface area contributed by atoms with Gasteiger partial charge in [0.15, 0.2) is 14.8 Å². The summed E-state index contributed by atoms with van der Waals surface area (Å²) in [4.78, 5) is 17.6. The van der Waals surface area contributed by atoms with Crippen molar-refractivity contribution in [1.82, 2.24) is 14.1 Å². The molecule has 4 aromatic rings. The van der Waals surface area contributed by atoms with Crippen molar-refractivity contribution >= 4 is 45.7 Å². The van der Waals surface area contributed by atoms with E-state index in [1.54, 1.807) is 17.7 Å². The third kappa shape index (κ3) is 4.32. The second kappa shape index (κ2) is 8.25. The maximum absolute atomic E-state index is 13.0. The highest BCUT2D eigenvalue weighted by atomic mass is 32.2. The van der Waals surface area contributed by atoms with Crippen molar-refractivity contribution in [1.29, 1.82) is 0 Å². The minimum absolute atomic E-state index is 0.237. The van der Waals surface area contributed by atoms with Crippen LogP contribution in [0.2, 0.25) is 0 Å². The summed E-state index contributed by atoms with van der Waals surface area (Å²) in [6.45, 7) is 1.98. The van der Waals surface area contributed by atoms with Crippen LogP contribution in [0, 0.1) is 10.9 Å². The lowest BCUT2D eigenvalue weighted by molar-refractivity contribution is -0.137. The molecular weight excluding hydrogens is 463 g/mol. The number of hydrogen-bond donors (Lipinski definition) is 0. The average molecular weight is 480 g/mol. The van der Waals surface area contributed by atoms with E-state index in [1.165, 1.54) is 33.7 Å². The molecule has 0 unspecified atom stereocenters. The van der Waals surface area contributed by atoms with E-state index >= 15 is 0 Å². The minimum Gasteiger partial charge on any atom is -0.289 e. The van der Waals surface area contributed by atoms with Gasteiger partial charge < -0.3 is 0 Å². The number of alkyl halides is 3. The molecule has 0 fully saturated rings. The summed E-state index contributed by atoms with van der Waals surface area (Å²) in [6.07, 6.45) is -4.40. The summed E-state index contributed by atoms with van der Waals surface area (Å²) in [5, 5.41) is 0.406. The number of nitrogens with zero attached hydrogens (tertiary/aromatic N) is 3. The first-order valence-corrected chi connectivity index (χ1v) is 11.3. The van der Waals surface area contributed by atoms with Gasteiger partial charge in [-0.05, 0) is 42.9 Å². The first kappa shape index (κ1) is 21.8. The lowest BCUT2D eigenvalue weighted by Gasteiger charge is -2.11. The predicted octanol–water partition coefficient (Wildman–Crippen LogP) is 6.13. The van der Waals surface area contributed by atoms with E-state index < -0.39 is 11.7 Å². The van der Waals surface area contributed by atoms with Crippen LogP contribution in [-0.2, 0) is 19.0 Å². The maximum atomic E-state index is 13.0. The van der Waals surface area contributed by atoms with Crippen molar-refractivity contribution in [2.75, 3.05) is 0 Å². The molecular formula is C21H16F3N3OS3. The molecule has 2 heterocycles. The highest BCUT2D eigenvalue weighted by Crippen LogP contribution is 2.31. The molecule has 0 saturated heterocycles. The lowest BCUT2D eigenvalue weighted by atomic mass is 10.1. The molecule has 4 nitrogen and oxygen atoms in total. The Morgan fingerprint density at radius 2 is 1.87 bits per heavy atom. The first-order chi connectivity index (χ1) is 14.6. The normalized spacial score (nSPS) is 11.9. The van der Waals surface area contributed by atoms with E-state index in [9.17, 15) is 18.0 Å². The van der Waals surface area contributed by atoms with Crippen LogP contribution in [0.5, 0.6) is 0 Å². The fourth-order valence-corrected chi connectivity index (χ4v) is 5.30. The van der Waals surface area contributed by atoms with Gasteiger partial charge in [0.1, 0.15) is 4.70 Å². The summed E-state index contributed by atoms with van der Waals surface area (Å²) in [5.41, 5.74) is 1.91. The zero-order chi connectivity index (χ0) is 22.3. The molecule has 10 heteroatoms. The van der Waals surface area contributed by atoms with Gasteiger partial charge >= 0.3 is 6.18 Å². The van der Waals surface area contributed by atoms with Gasteiger partial charge in [0.25, 0.3) is 5.56 Å². The summed E-state index contributed by atoms with van der Waals surface area (Å²) >= 11 is 7.88. The Morgan fingerprint density at radius 3 is 2.55 bits per heavy atom. The SMILES string of the molecule is Cc1ccc(-n2c(=S)sc3c(=O)n(C)c(SCc4cccc(C(F)(F)F)c4)nc32)cc1. The number of halogens is 3. The van der Waals surface area contributed by atoms with Gasteiger partial charge in [-0.2, -0.15) is 13.2 Å². The number of benzene rings is 2. The Labute approximate surface area is 189 Å². The Bertz CT molecular complexity index is 1390. The molecule has 0 atom stereocenters. The molecule has 0 saturated carbocycles. The Balaban J connectivity index is 1.75.